The van der Waals surface area contributed by atoms with Crippen LogP contribution in [0.5, 0.6) is 0 Å². The molecule has 1 aliphatic rings. The minimum absolute atomic E-state index is 0.503. The van der Waals surface area contributed by atoms with Crippen molar-refractivity contribution in [1.29, 1.82) is 0 Å². The molecule has 3 rings (SSSR count). The third-order valence-electron chi connectivity index (χ3n) is 2.79. The Morgan fingerprint density at radius 3 is 2.78 bits per heavy atom. The second kappa shape index (κ2) is 4.94. The van der Waals surface area contributed by atoms with Crippen molar-refractivity contribution >= 4 is 18.0 Å². The maximum absolute atomic E-state index is 10.5. The quantitative estimate of drug-likeness (QED) is 0.611. The third-order valence-corrected chi connectivity index (χ3v) is 3.80. The zero-order valence-electron chi connectivity index (χ0n) is 9.70. The predicted molar refractivity (Wildman–Crippen MR) is 67.7 cm³/mol. The van der Waals surface area contributed by atoms with E-state index in [0.29, 0.717) is 17.2 Å². The first-order valence-electron chi connectivity index (χ1n) is 5.85. The van der Waals surface area contributed by atoms with Crippen molar-refractivity contribution in [2.75, 3.05) is 0 Å². The molecule has 0 amide bonds. The average Bonchev–Trinajstić information content (AvgIpc) is 3.16. The lowest BCUT2D eigenvalue weighted by Gasteiger charge is -1.98. The van der Waals surface area contributed by atoms with Crippen molar-refractivity contribution in [2.45, 2.75) is 29.4 Å². The van der Waals surface area contributed by atoms with Crippen LogP contribution < -0.4 is 0 Å². The SMILES string of the molecule is O=Cc1ccc(SCc2noc(C3CC3)n2)cc1. The van der Waals surface area contributed by atoms with Gasteiger partial charge >= 0.3 is 0 Å². The van der Waals surface area contributed by atoms with E-state index in [0.717, 1.165) is 22.9 Å². The molecule has 0 bridgehead atoms. The van der Waals surface area contributed by atoms with E-state index in [4.69, 9.17) is 4.52 Å². The monoisotopic (exact) mass is 260 g/mol. The van der Waals surface area contributed by atoms with Crippen molar-refractivity contribution in [1.82, 2.24) is 10.1 Å². The van der Waals surface area contributed by atoms with Crippen LogP contribution >= 0.6 is 11.8 Å². The normalized spacial score (nSPS) is 14.7. The fourth-order valence-electron chi connectivity index (χ4n) is 1.61. The molecular formula is C13H12N2O2S. The van der Waals surface area contributed by atoms with Gasteiger partial charge in [0.2, 0.25) is 5.89 Å². The maximum Gasteiger partial charge on any atom is 0.229 e. The standard InChI is InChI=1S/C13H12N2O2S/c16-7-9-1-5-11(6-2-9)18-8-12-14-13(17-15-12)10-3-4-10/h1-2,5-7,10H,3-4,8H2. The number of benzene rings is 1. The van der Waals surface area contributed by atoms with Gasteiger partial charge < -0.3 is 4.52 Å². The summed E-state index contributed by atoms with van der Waals surface area (Å²) in [6.45, 7) is 0. The van der Waals surface area contributed by atoms with Crippen LogP contribution in [0.3, 0.4) is 0 Å². The number of hydrogen-bond donors (Lipinski definition) is 0. The van der Waals surface area contributed by atoms with E-state index in [1.165, 1.54) is 12.8 Å². The molecule has 0 unspecified atom stereocenters. The number of hydrogen-bond acceptors (Lipinski definition) is 5. The summed E-state index contributed by atoms with van der Waals surface area (Å²) in [5, 5.41) is 3.96. The fourth-order valence-corrected chi connectivity index (χ4v) is 2.35. The van der Waals surface area contributed by atoms with E-state index in [1.54, 1.807) is 23.9 Å². The molecule has 1 heterocycles. The van der Waals surface area contributed by atoms with E-state index in [1.807, 2.05) is 12.1 Å². The topological polar surface area (TPSA) is 56.0 Å². The van der Waals surface area contributed by atoms with Gasteiger partial charge in [-0.3, -0.25) is 4.79 Å². The van der Waals surface area contributed by atoms with Gasteiger partial charge in [0.15, 0.2) is 5.82 Å². The lowest BCUT2D eigenvalue weighted by atomic mass is 10.2. The fraction of sp³-hybridized carbons (Fsp3) is 0.308. The minimum Gasteiger partial charge on any atom is -0.339 e. The van der Waals surface area contributed by atoms with Gasteiger partial charge in [-0.2, -0.15) is 4.98 Å². The lowest BCUT2D eigenvalue weighted by molar-refractivity contribution is 0.112. The summed E-state index contributed by atoms with van der Waals surface area (Å²) in [7, 11) is 0. The summed E-state index contributed by atoms with van der Waals surface area (Å²) in [6, 6.07) is 7.47. The number of carbonyl (C=O) groups excluding carboxylic acids is 1. The van der Waals surface area contributed by atoms with Gasteiger partial charge in [0, 0.05) is 16.4 Å². The van der Waals surface area contributed by atoms with Crippen LogP contribution in [0.2, 0.25) is 0 Å². The van der Waals surface area contributed by atoms with Gasteiger partial charge in [-0.05, 0) is 25.0 Å². The smallest absolute Gasteiger partial charge is 0.229 e. The molecule has 92 valence electrons. The highest BCUT2D eigenvalue weighted by Crippen LogP contribution is 2.39. The number of carbonyl (C=O) groups is 1. The van der Waals surface area contributed by atoms with Crippen LogP contribution in [0.1, 0.15) is 40.8 Å². The van der Waals surface area contributed by atoms with Crippen LogP contribution in [0, 0.1) is 0 Å². The molecule has 2 aromatic rings. The van der Waals surface area contributed by atoms with Gasteiger partial charge in [0.05, 0.1) is 5.75 Å². The second-order valence-corrected chi connectivity index (χ2v) is 5.35. The minimum atomic E-state index is 0.503. The van der Waals surface area contributed by atoms with Crippen LogP contribution in [-0.4, -0.2) is 16.4 Å². The Labute approximate surface area is 109 Å². The molecule has 0 spiro atoms. The zero-order valence-corrected chi connectivity index (χ0v) is 10.5. The van der Waals surface area contributed by atoms with Gasteiger partial charge in [-0.25, -0.2) is 0 Å². The number of aldehydes is 1. The van der Waals surface area contributed by atoms with Crippen molar-refractivity contribution < 1.29 is 9.32 Å². The Morgan fingerprint density at radius 1 is 1.33 bits per heavy atom. The number of aromatic nitrogens is 2. The summed E-state index contributed by atoms with van der Waals surface area (Å²) < 4.78 is 5.19. The average molecular weight is 260 g/mol. The molecule has 0 atom stereocenters. The number of rotatable bonds is 5. The van der Waals surface area contributed by atoms with Crippen LogP contribution in [0.4, 0.5) is 0 Å². The summed E-state index contributed by atoms with van der Waals surface area (Å²) >= 11 is 1.64. The molecule has 1 fully saturated rings. The molecule has 1 aliphatic carbocycles. The predicted octanol–water partition coefficient (Wildman–Crippen LogP) is 3.05. The zero-order chi connectivity index (χ0) is 12.4. The third kappa shape index (κ3) is 2.61. The Bertz CT molecular complexity index is 546. The first-order valence-corrected chi connectivity index (χ1v) is 6.84. The van der Waals surface area contributed by atoms with Crippen molar-refractivity contribution in [3.05, 3.63) is 41.5 Å². The van der Waals surface area contributed by atoms with Gasteiger partial charge in [-0.15, -0.1) is 11.8 Å². The summed E-state index contributed by atoms with van der Waals surface area (Å²) in [5.74, 6) is 2.71. The molecule has 4 nitrogen and oxygen atoms in total. The van der Waals surface area contributed by atoms with Crippen molar-refractivity contribution in [3.8, 4) is 0 Å². The molecule has 18 heavy (non-hydrogen) atoms. The maximum atomic E-state index is 10.5. The van der Waals surface area contributed by atoms with E-state index in [-0.39, 0.29) is 0 Å². The highest BCUT2D eigenvalue weighted by molar-refractivity contribution is 7.98. The molecule has 0 saturated heterocycles. The van der Waals surface area contributed by atoms with Gasteiger partial charge in [0.25, 0.3) is 0 Å². The number of thioether (sulfide) groups is 1. The second-order valence-electron chi connectivity index (χ2n) is 4.30. The molecule has 5 heteroatoms. The van der Waals surface area contributed by atoms with Crippen LogP contribution in [0.15, 0.2) is 33.7 Å². The molecule has 0 N–H and O–H groups in total. The summed E-state index contributed by atoms with van der Waals surface area (Å²) in [6.07, 6.45) is 3.18. The van der Waals surface area contributed by atoms with Gasteiger partial charge in [0.1, 0.15) is 6.29 Å². The summed E-state index contributed by atoms with van der Waals surface area (Å²) in [5.41, 5.74) is 0.690. The van der Waals surface area contributed by atoms with Crippen LogP contribution in [0.25, 0.3) is 0 Å². The summed E-state index contributed by atoms with van der Waals surface area (Å²) in [4.78, 5) is 16.0. The Morgan fingerprint density at radius 2 is 2.11 bits per heavy atom. The Hall–Kier alpha value is -1.62. The van der Waals surface area contributed by atoms with E-state index in [2.05, 4.69) is 10.1 Å². The highest BCUT2D eigenvalue weighted by Gasteiger charge is 2.29. The first kappa shape index (κ1) is 11.5. The van der Waals surface area contributed by atoms with E-state index >= 15 is 0 Å². The largest absolute Gasteiger partial charge is 0.339 e. The Kier molecular flexibility index (Phi) is 3.15. The molecule has 1 aromatic heterocycles. The van der Waals surface area contributed by atoms with Crippen molar-refractivity contribution in [3.63, 3.8) is 0 Å². The molecule has 1 aromatic carbocycles. The highest BCUT2D eigenvalue weighted by atomic mass is 32.2. The molecule has 1 saturated carbocycles. The first-order chi connectivity index (χ1) is 8.85. The number of nitrogens with zero attached hydrogens (tertiary/aromatic N) is 2. The van der Waals surface area contributed by atoms with Gasteiger partial charge in [-0.1, -0.05) is 17.3 Å². The molecular weight excluding hydrogens is 248 g/mol. The lowest BCUT2D eigenvalue weighted by Crippen LogP contribution is -1.85. The van der Waals surface area contributed by atoms with Crippen molar-refractivity contribution in [2.24, 2.45) is 0 Å². The molecule has 0 radical (unpaired) electrons. The van der Waals surface area contributed by atoms with E-state index < -0.39 is 0 Å². The van der Waals surface area contributed by atoms with Crippen LogP contribution in [-0.2, 0) is 5.75 Å². The van der Waals surface area contributed by atoms with E-state index in [9.17, 15) is 4.79 Å². The molecule has 0 aliphatic heterocycles. The Balaban J connectivity index is 1.60.